The van der Waals surface area contributed by atoms with Gasteiger partial charge in [0.1, 0.15) is 0 Å². The van der Waals surface area contributed by atoms with Crippen LogP contribution in [0.1, 0.15) is 12.8 Å². The largest absolute Gasteiger partial charge is 0.396 e. The molecule has 66 valence electrons. The summed E-state index contributed by atoms with van der Waals surface area (Å²) in [6, 6.07) is 0.587. The summed E-state index contributed by atoms with van der Waals surface area (Å²) >= 11 is 0. The van der Waals surface area contributed by atoms with Gasteiger partial charge >= 0.3 is 0 Å². The molecule has 1 aromatic heterocycles. The van der Waals surface area contributed by atoms with Crippen molar-refractivity contribution in [2.45, 2.75) is 25.4 Å². The van der Waals surface area contributed by atoms with Crippen LogP contribution in [0.2, 0.25) is 0 Å². The molecule has 3 N–H and O–H groups in total. The average molecular weight is 166 g/mol. The molecule has 4 heteroatoms. The standard InChI is InChI=1S/C8H14N4/c9-7-4-11-12(5-7)6-8-2-1-3-10-8/h4-5,8,10H,1-3,6,9H2/t8-/m1/s1. The molecule has 1 aromatic rings. The highest BCUT2D eigenvalue weighted by Crippen LogP contribution is 2.07. The van der Waals surface area contributed by atoms with E-state index >= 15 is 0 Å². The Morgan fingerprint density at radius 2 is 2.67 bits per heavy atom. The number of hydrogen-bond acceptors (Lipinski definition) is 3. The van der Waals surface area contributed by atoms with Crippen LogP contribution >= 0.6 is 0 Å². The van der Waals surface area contributed by atoms with Crippen LogP contribution in [0.25, 0.3) is 0 Å². The predicted molar refractivity (Wildman–Crippen MR) is 47.7 cm³/mol. The molecule has 4 nitrogen and oxygen atoms in total. The summed E-state index contributed by atoms with van der Waals surface area (Å²) in [4.78, 5) is 0. The van der Waals surface area contributed by atoms with Crippen molar-refractivity contribution in [2.24, 2.45) is 0 Å². The SMILES string of the molecule is Nc1cnn(C[C@H]2CCCN2)c1. The van der Waals surface area contributed by atoms with Crippen molar-refractivity contribution in [3.05, 3.63) is 12.4 Å². The maximum Gasteiger partial charge on any atom is 0.0719 e. The van der Waals surface area contributed by atoms with Crippen molar-refractivity contribution in [2.75, 3.05) is 12.3 Å². The van der Waals surface area contributed by atoms with Crippen molar-refractivity contribution in [1.29, 1.82) is 0 Å². The van der Waals surface area contributed by atoms with E-state index < -0.39 is 0 Å². The minimum atomic E-state index is 0.587. The first-order valence-electron chi connectivity index (χ1n) is 4.36. The van der Waals surface area contributed by atoms with Crippen LogP contribution in [-0.4, -0.2) is 22.4 Å². The minimum Gasteiger partial charge on any atom is -0.396 e. The average Bonchev–Trinajstić information content (AvgIpc) is 2.63. The highest BCUT2D eigenvalue weighted by atomic mass is 15.3. The van der Waals surface area contributed by atoms with Gasteiger partial charge in [0.05, 0.1) is 18.4 Å². The zero-order valence-electron chi connectivity index (χ0n) is 7.03. The second-order valence-electron chi connectivity index (χ2n) is 3.29. The molecular weight excluding hydrogens is 152 g/mol. The molecule has 0 aromatic carbocycles. The second-order valence-corrected chi connectivity index (χ2v) is 3.29. The molecule has 0 bridgehead atoms. The highest BCUT2D eigenvalue weighted by Gasteiger charge is 2.14. The van der Waals surface area contributed by atoms with Gasteiger partial charge in [-0.05, 0) is 19.4 Å². The van der Waals surface area contributed by atoms with Crippen LogP contribution in [0.3, 0.4) is 0 Å². The number of nitrogens with two attached hydrogens (primary N) is 1. The van der Waals surface area contributed by atoms with Gasteiger partial charge in [-0.1, -0.05) is 0 Å². The van der Waals surface area contributed by atoms with E-state index in [9.17, 15) is 0 Å². The Kier molecular flexibility index (Phi) is 1.99. The summed E-state index contributed by atoms with van der Waals surface area (Å²) in [6.45, 7) is 2.08. The molecule has 1 aliphatic rings. The first-order valence-corrected chi connectivity index (χ1v) is 4.36. The first-order chi connectivity index (χ1) is 5.84. The zero-order valence-corrected chi connectivity index (χ0v) is 7.03. The monoisotopic (exact) mass is 166 g/mol. The molecule has 1 fully saturated rings. The molecule has 1 saturated heterocycles. The van der Waals surface area contributed by atoms with Crippen molar-refractivity contribution < 1.29 is 0 Å². The van der Waals surface area contributed by atoms with Crippen LogP contribution < -0.4 is 11.1 Å². The number of nitrogen functional groups attached to an aromatic ring is 1. The lowest BCUT2D eigenvalue weighted by Gasteiger charge is -2.08. The summed E-state index contributed by atoms with van der Waals surface area (Å²) in [5.41, 5.74) is 6.29. The maximum atomic E-state index is 5.55. The summed E-state index contributed by atoms with van der Waals surface area (Å²) < 4.78 is 1.90. The van der Waals surface area contributed by atoms with E-state index in [1.165, 1.54) is 12.8 Å². The molecule has 1 aliphatic heterocycles. The zero-order chi connectivity index (χ0) is 8.39. The van der Waals surface area contributed by atoms with Crippen LogP contribution in [0, 0.1) is 0 Å². The van der Waals surface area contributed by atoms with Crippen LogP contribution in [-0.2, 0) is 6.54 Å². The van der Waals surface area contributed by atoms with Crippen LogP contribution in [0.5, 0.6) is 0 Å². The fourth-order valence-electron chi connectivity index (χ4n) is 1.62. The second kappa shape index (κ2) is 3.15. The Morgan fingerprint density at radius 1 is 1.75 bits per heavy atom. The van der Waals surface area contributed by atoms with Crippen molar-refractivity contribution in [3.8, 4) is 0 Å². The van der Waals surface area contributed by atoms with Gasteiger partial charge in [0.15, 0.2) is 0 Å². The minimum absolute atomic E-state index is 0.587. The van der Waals surface area contributed by atoms with E-state index in [0.29, 0.717) is 6.04 Å². The number of hydrogen-bond donors (Lipinski definition) is 2. The molecule has 0 saturated carbocycles. The van der Waals surface area contributed by atoms with Gasteiger partial charge in [-0.2, -0.15) is 5.10 Å². The van der Waals surface area contributed by atoms with E-state index in [2.05, 4.69) is 10.4 Å². The number of nitrogens with zero attached hydrogens (tertiary/aromatic N) is 2. The third kappa shape index (κ3) is 1.58. The molecule has 0 radical (unpaired) electrons. The first kappa shape index (κ1) is 7.61. The molecule has 0 unspecified atom stereocenters. The Labute approximate surface area is 71.7 Å². The molecule has 12 heavy (non-hydrogen) atoms. The van der Waals surface area contributed by atoms with Gasteiger partial charge < -0.3 is 11.1 Å². The molecule has 0 aliphatic carbocycles. The Bertz CT molecular complexity index is 249. The summed E-state index contributed by atoms with van der Waals surface area (Å²) in [5, 5.41) is 7.54. The van der Waals surface area contributed by atoms with E-state index in [0.717, 1.165) is 18.8 Å². The van der Waals surface area contributed by atoms with Crippen molar-refractivity contribution in [3.63, 3.8) is 0 Å². The fraction of sp³-hybridized carbons (Fsp3) is 0.625. The van der Waals surface area contributed by atoms with Gasteiger partial charge in [-0.15, -0.1) is 0 Å². The van der Waals surface area contributed by atoms with Gasteiger partial charge in [0.2, 0.25) is 0 Å². The number of anilines is 1. The molecule has 1 atom stereocenters. The molecule has 2 heterocycles. The summed E-state index contributed by atoms with van der Waals surface area (Å²) in [6.07, 6.45) is 6.09. The van der Waals surface area contributed by atoms with E-state index in [-0.39, 0.29) is 0 Å². The number of nitrogens with one attached hydrogen (secondary N) is 1. The topological polar surface area (TPSA) is 55.9 Å². The van der Waals surface area contributed by atoms with Crippen LogP contribution in [0.4, 0.5) is 5.69 Å². The van der Waals surface area contributed by atoms with Crippen molar-refractivity contribution >= 4 is 5.69 Å². The molecular formula is C8H14N4. The Hall–Kier alpha value is -1.03. The third-order valence-electron chi connectivity index (χ3n) is 2.22. The number of aromatic nitrogens is 2. The summed E-state index contributed by atoms with van der Waals surface area (Å²) in [7, 11) is 0. The predicted octanol–water partition coefficient (Wildman–Crippen LogP) is 0.217. The highest BCUT2D eigenvalue weighted by molar-refractivity contribution is 5.30. The van der Waals surface area contributed by atoms with E-state index in [1.54, 1.807) is 6.20 Å². The maximum absolute atomic E-state index is 5.55. The molecule has 0 amide bonds. The Balaban J connectivity index is 1.94. The lowest BCUT2D eigenvalue weighted by molar-refractivity contribution is 0.476. The van der Waals surface area contributed by atoms with Gasteiger partial charge in [-0.3, -0.25) is 4.68 Å². The summed E-state index contributed by atoms with van der Waals surface area (Å²) in [5.74, 6) is 0. The fourth-order valence-corrected chi connectivity index (χ4v) is 1.62. The lowest BCUT2D eigenvalue weighted by atomic mass is 10.2. The van der Waals surface area contributed by atoms with Gasteiger partial charge in [0.25, 0.3) is 0 Å². The molecule has 0 spiro atoms. The quantitative estimate of drug-likeness (QED) is 0.660. The van der Waals surface area contributed by atoms with E-state index in [1.807, 2.05) is 10.9 Å². The smallest absolute Gasteiger partial charge is 0.0719 e. The third-order valence-corrected chi connectivity index (χ3v) is 2.22. The van der Waals surface area contributed by atoms with Crippen molar-refractivity contribution in [1.82, 2.24) is 15.1 Å². The van der Waals surface area contributed by atoms with E-state index in [4.69, 9.17) is 5.73 Å². The van der Waals surface area contributed by atoms with Gasteiger partial charge in [-0.25, -0.2) is 0 Å². The van der Waals surface area contributed by atoms with Gasteiger partial charge in [0, 0.05) is 12.2 Å². The Morgan fingerprint density at radius 3 is 3.25 bits per heavy atom. The lowest BCUT2D eigenvalue weighted by Crippen LogP contribution is -2.26. The van der Waals surface area contributed by atoms with Crippen LogP contribution in [0.15, 0.2) is 12.4 Å². The molecule has 2 rings (SSSR count). The normalized spacial score (nSPS) is 23.2. The number of rotatable bonds is 2.